The molecule has 0 aromatic heterocycles. The van der Waals surface area contributed by atoms with E-state index in [1.54, 1.807) is 0 Å². The number of rotatable bonds is 10. The molecule has 20 heteroatoms. The predicted molar refractivity (Wildman–Crippen MR) is 262 cm³/mol. The van der Waals surface area contributed by atoms with Gasteiger partial charge in [-0.2, -0.15) is 43.2 Å². The van der Waals surface area contributed by atoms with Crippen molar-refractivity contribution in [1.29, 1.82) is 0 Å². The molecule has 0 heterocycles. The number of halogens is 6. The van der Waals surface area contributed by atoms with Gasteiger partial charge in [-0.1, -0.05) is 132 Å². The maximum Gasteiger partial charge on any atom is 0.516 e. The van der Waals surface area contributed by atoms with Gasteiger partial charge in [-0.15, -0.1) is 0 Å². The van der Waals surface area contributed by atoms with Crippen LogP contribution in [0.2, 0.25) is 0 Å². The SMILES string of the molecule is COc1c2cc(C(C)(C)C)cc1Cc1cc(C(C)(C)C)cc(c1OCC(=O)NS(=O)(=O)C(F)(F)F)Cc1cc(C(C)(C)C)cc(c1OC)Cc1cc(C(C)(C)C)cc(c1OCC(=O)NS(=O)(=O)C(F)(F)F)C2. The molecule has 5 rings (SSSR count). The van der Waals surface area contributed by atoms with Crippen LogP contribution in [0.3, 0.4) is 0 Å². The number of sulfonamides is 2. The van der Waals surface area contributed by atoms with Crippen LogP contribution in [0.1, 0.15) is 150 Å². The highest BCUT2D eigenvalue weighted by Gasteiger charge is 2.48. The summed E-state index contributed by atoms with van der Waals surface area (Å²) in [6.07, 6.45) is 0.126. The van der Waals surface area contributed by atoms with Gasteiger partial charge in [-0.3, -0.25) is 9.59 Å². The number of benzene rings is 4. The van der Waals surface area contributed by atoms with Gasteiger partial charge in [-0.25, -0.2) is 9.44 Å². The topological polar surface area (TPSA) is 163 Å². The lowest BCUT2D eigenvalue weighted by atomic mass is 9.79. The Morgan fingerprint density at radius 2 is 0.611 bits per heavy atom. The Kier molecular flexibility index (Phi) is 16.0. The van der Waals surface area contributed by atoms with E-state index in [0.29, 0.717) is 56.0 Å². The lowest BCUT2D eigenvalue weighted by Gasteiger charge is -2.29. The smallest absolute Gasteiger partial charge is 0.496 e. The minimum atomic E-state index is -6.07. The molecule has 0 atom stereocenters. The number of hydrogen-bond acceptors (Lipinski definition) is 10. The number of ether oxygens (including phenoxy) is 4. The fourth-order valence-corrected chi connectivity index (χ4v) is 9.21. The van der Waals surface area contributed by atoms with Gasteiger partial charge in [0.15, 0.2) is 13.2 Å². The van der Waals surface area contributed by atoms with Crippen LogP contribution in [-0.2, 0) is 77.0 Å². The van der Waals surface area contributed by atoms with Crippen LogP contribution in [0.15, 0.2) is 48.5 Å². The Labute approximate surface area is 418 Å². The number of hydrogen-bond donors (Lipinski definition) is 2. The second-order valence-corrected chi connectivity index (χ2v) is 25.5. The van der Waals surface area contributed by atoms with Crippen molar-refractivity contribution >= 4 is 31.9 Å². The van der Waals surface area contributed by atoms with Crippen LogP contribution in [0.5, 0.6) is 23.0 Å². The molecule has 0 fully saturated rings. The summed E-state index contributed by atoms with van der Waals surface area (Å²) in [6.45, 7) is 21.7. The molecule has 8 bridgehead atoms. The summed E-state index contributed by atoms with van der Waals surface area (Å²) in [6, 6.07) is 15.2. The second kappa shape index (κ2) is 20.1. The zero-order valence-corrected chi connectivity index (χ0v) is 44.7. The van der Waals surface area contributed by atoms with Crippen molar-refractivity contribution in [2.75, 3.05) is 27.4 Å². The highest BCUT2D eigenvalue weighted by atomic mass is 32.2. The Balaban J connectivity index is 1.94. The highest BCUT2D eigenvalue weighted by molar-refractivity contribution is 7.91. The molecule has 0 spiro atoms. The summed E-state index contributed by atoms with van der Waals surface area (Å²) in [4.78, 5) is 26.2. The fourth-order valence-electron chi connectivity index (χ4n) is 8.27. The molecule has 396 valence electrons. The molecule has 0 unspecified atom stereocenters. The molecule has 4 aromatic carbocycles. The molecule has 0 saturated carbocycles. The van der Waals surface area contributed by atoms with E-state index in [2.05, 4.69) is 0 Å². The molecule has 0 saturated heterocycles. The van der Waals surface area contributed by atoms with Crippen molar-refractivity contribution in [1.82, 2.24) is 9.44 Å². The van der Waals surface area contributed by atoms with Crippen molar-refractivity contribution in [2.24, 2.45) is 0 Å². The van der Waals surface area contributed by atoms with E-state index in [1.807, 2.05) is 132 Å². The normalized spacial score (nSPS) is 14.1. The molecule has 0 radical (unpaired) electrons. The van der Waals surface area contributed by atoms with Crippen LogP contribution < -0.4 is 28.4 Å². The van der Waals surface area contributed by atoms with Gasteiger partial charge in [0.05, 0.1) is 14.2 Å². The monoisotopic (exact) mass is 1050 g/mol. The van der Waals surface area contributed by atoms with Gasteiger partial charge in [0.1, 0.15) is 23.0 Å². The number of methoxy groups -OCH3 is 2. The fraction of sp³-hybridized carbons (Fsp3) is 0.500. The lowest BCUT2D eigenvalue weighted by molar-refractivity contribution is -0.122. The first-order chi connectivity index (χ1) is 32.7. The first kappa shape index (κ1) is 57.4. The first-order valence-corrected chi connectivity index (χ1v) is 25.9. The van der Waals surface area contributed by atoms with E-state index in [4.69, 9.17) is 18.9 Å². The number of alkyl halides is 6. The Hall–Kier alpha value is -5.50. The second-order valence-electron chi connectivity index (χ2n) is 22.1. The van der Waals surface area contributed by atoms with Crippen LogP contribution in [0.25, 0.3) is 0 Å². The van der Waals surface area contributed by atoms with Crippen molar-refractivity contribution in [3.63, 3.8) is 0 Å². The number of nitrogens with one attached hydrogen (secondary N) is 2. The van der Waals surface area contributed by atoms with E-state index >= 15 is 0 Å². The van der Waals surface area contributed by atoms with Gasteiger partial charge in [0.25, 0.3) is 11.8 Å². The van der Waals surface area contributed by atoms with Crippen molar-refractivity contribution in [3.05, 3.63) is 115 Å². The number of carbonyl (C=O) groups excluding carboxylic acids is 2. The van der Waals surface area contributed by atoms with Crippen LogP contribution in [0, 0.1) is 0 Å². The highest BCUT2D eigenvalue weighted by Crippen LogP contribution is 2.44. The summed E-state index contributed by atoms with van der Waals surface area (Å²) in [5.74, 6) is -2.17. The Morgan fingerprint density at radius 1 is 0.417 bits per heavy atom. The zero-order chi connectivity index (χ0) is 54.5. The van der Waals surface area contributed by atoms with Crippen molar-refractivity contribution < 1.29 is 71.7 Å². The average molecular weight is 1060 g/mol. The first-order valence-electron chi connectivity index (χ1n) is 22.9. The van der Waals surface area contributed by atoms with Crippen molar-refractivity contribution in [3.8, 4) is 23.0 Å². The quantitative estimate of drug-likeness (QED) is 0.129. The number of fused-ring (bicyclic) bond motifs is 8. The summed E-state index contributed by atoms with van der Waals surface area (Å²) < 4.78 is 156. The molecule has 12 nitrogen and oxygen atoms in total. The standard InChI is InChI=1S/C52H64F6N2O10S2/c1-47(2,3)37-19-29-15-33-23-39(49(7,8)9)25-35(45(33)69-27-41(61)59-71(63,64)51(53,54)55)17-31-21-38(48(4,5)6)22-32(44(31)68-14)18-36-26-40(50(10,11)12)24-34(16-30(20-37)43(29)67-13)46(36)70-28-42(62)60-72(65,66)52(56,57)58/h19-26H,15-18,27-28H2,1-14H3,(H,59,61)(H,60,62). The van der Waals surface area contributed by atoms with Crippen molar-refractivity contribution in [2.45, 2.75) is 141 Å². The minimum Gasteiger partial charge on any atom is -0.496 e. The van der Waals surface area contributed by atoms with E-state index in [0.717, 1.165) is 31.7 Å². The molecule has 1 aliphatic rings. The maximum absolute atomic E-state index is 13.4. The molecule has 0 aliphatic heterocycles. The summed E-state index contributed by atoms with van der Waals surface area (Å²) >= 11 is 0. The van der Waals surface area contributed by atoms with E-state index in [-0.39, 0.29) is 37.2 Å². The molecule has 1 aliphatic carbocycles. The van der Waals surface area contributed by atoms with Gasteiger partial charge in [0, 0.05) is 25.7 Å². The van der Waals surface area contributed by atoms with Crippen LogP contribution in [-0.4, -0.2) is 67.1 Å². The average Bonchev–Trinajstić information content (AvgIpc) is 3.19. The van der Waals surface area contributed by atoms with Gasteiger partial charge in [-0.05, 0) is 88.4 Å². The summed E-state index contributed by atoms with van der Waals surface area (Å²) in [5, 5.41) is 0. The third-order valence-corrected chi connectivity index (χ3v) is 14.4. The zero-order valence-electron chi connectivity index (χ0n) is 43.0. The minimum absolute atomic E-state index is 0.0315. The van der Waals surface area contributed by atoms with Crippen LogP contribution in [0.4, 0.5) is 26.3 Å². The van der Waals surface area contributed by atoms with E-state index in [1.165, 1.54) is 14.2 Å². The largest absolute Gasteiger partial charge is 0.516 e. The predicted octanol–water partition coefficient (Wildman–Crippen LogP) is 10.3. The molecule has 2 amide bonds. The lowest BCUT2D eigenvalue weighted by Crippen LogP contribution is -2.42. The maximum atomic E-state index is 13.4. The Morgan fingerprint density at radius 3 is 0.778 bits per heavy atom. The molecular formula is C52H64F6N2O10S2. The third-order valence-electron chi connectivity index (χ3n) is 12.2. The Bertz CT molecular complexity index is 2680. The summed E-state index contributed by atoms with van der Waals surface area (Å²) in [7, 11) is -9.23. The third kappa shape index (κ3) is 13.2. The van der Waals surface area contributed by atoms with E-state index in [9.17, 15) is 52.8 Å². The molecule has 2 N–H and O–H groups in total. The van der Waals surface area contributed by atoms with Gasteiger partial charge < -0.3 is 18.9 Å². The summed E-state index contributed by atoms with van der Waals surface area (Å²) in [5.41, 5.74) is -6.04. The molecule has 4 aromatic rings. The number of carbonyl (C=O) groups is 2. The van der Waals surface area contributed by atoms with Gasteiger partial charge in [0.2, 0.25) is 0 Å². The number of amides is 2. The van der Waals surface area contributed by atoms with Crippen LogP contribution >= 0.6 is 0 Å². The molecule has 72 heavy (non-hydrogen) atoms. The van der Waals surface area contributed by atoms with E-state index < -0.39 is 77.8 Å². The molecular weight excluding hydrogens is 991 g/mol. The van der Waals surface area contributed by atoms with Gasteiger partial charge >= 0.3 is 31.1 Å².